The van der Waals surface area contributed by atoms with Gasteiger partial charge in [0.2, 0.25) is 10.0 Å². The Balaban J connectivity index is 2.76. The van der Waals surface area contributed by atoms with E-state index < -0.39 is 21.6 Å². The van der Waals surface area contributed by atoms with Crippen molar-refractivity contribution in [3.63, 3.8) is 0 Å². The molecule has 1 N–H and O–H groups in total. The fourth-order valence-corrected chi connectivity index (χ4v) is 2.69. The van der Waals surface area contributed by atoms with Crippen molar-refractivity contribution in [2.24, 2.45) is 0 Å². The SMILES string of the molecule is CC(=O)OC(C)(C)CNS(=O)(=O)c1ccc(C)cc1. The summed E-state index contributed by atoms with van der Waals surface area (Å²) in [5.74, 6) is -0.445. The molecule has 1 aromatic carbocycles. The van der Waals surface area contributed by atoms with E-state index in [1.807, 2.05) is 6.92 Å². The van der Waals surface area contributed by atoms with Gasteiger partial charge in [-0.15, -0.1) is 0 Å². The van der Waals surface area contributed by atoms with Crippen molar-refractivity contribution in [1.29, 1.82) is 0 Å². The van der Waals surface area contributed by atoms with Crippen LogP contribution < -0.4 is 4.72 Å². The number of carbonyl (C=O) groups is 1. The molecule has 1 rings (SSSR count). The van der Waals surface area contributed by atoms with E-state index >= 15 is 0 Å². The van der Waals surface area contributed by atoms with E-state index in [4.69, 9.17) is 4.74 Å². The lowest BCUT2D eigenvalue weighted by Gasteiger charge is -2.24. The maximum Gasteiger partial charge on any atom is 0.303 e. The first kappa shape index (κ1) is 15.7. The summed E-state index contributed by atoms with van der Waals surface area (Å²) >= 11 is 0. The van der Waals surface area contributed by atoms with E-state index in [-0.39, 0.29) is 11.4 Å². The van der Waals surface area contributed by atoms with Gasteiger partial charge >= 0.3 is 5.97 Å². The largest absolute Gasteiger partial charge is 0.458 e. The zero-order valence-electron chi connectivity index (χ0n) is 11.6. The van der Waals surface area contributed by atoms with Crippen molar-refractivity contribution in [2.75, 3.05) is 6.54 Å². The van der Waals surface area contributed by atoms with Crippen LogP contribution in [0.1, 0.15) is 26.3 Å². The summed E-state index contributed by atoms with van der Waals surface area (Å²) in [6, 6.07) is 6.53. The summed E-state index contributed by atoms with van der Waals surface area (Å²) < 4.78 is 31.5. The van der Waals surface area contributed by atoms with E-state index in [2.05, 4.69) is 4.72 Å². The van der Waals surface area contributed by atoms with Crippen molar-refractivity contribution < 1.29 is 17.9 Å². The third kappa shape index (κ3) is 5.00. The molecule has 0 aliphatic heterocycles. The number of aryl methyl sites for hydroxylation is 1. The van der Waals surface area contributed by atoms with E-state index in [1.54, 1.807) is 26.0 Å². The first-order valence-electron chi connectivity index (χ1n) is 5.88. The number of esters is 1. The van der Waals surface area contributed by atoms with Gasteiger partial charge in [-0.3, -0.25) is 4.79 Å². The average Bonchev–Trinajstić information content (AvgIpc) is 2.26. The molecule has 0 saturated carbocycles. The number of hydrogen-bond donors (Lipinski definition) is 1. The van der Waals surface area contributed by atoms with Crippen LogP contribution in [-0.4, -0.2) is 26.5 Å². The fourth-order valence-electron chi connectivity index (χ4n) is 1.49. The first-order valence-corrected chi connectivity index (χ1v) is 7.37. The number of rotatable bonds is 5. The van der Waals surface area contributed by atoms with Gasteiger partial charge in [0.15, 0.2) is 0 Å². The van der Waals surface area contributed by atoms with Crippen LogP contribution in [0.5, 0.6) is 0 Å². The molecule has 0 amide bonds. The average molecular weight is 285 g/mol. The Hall–Kier alpha value is -1.40. The molecule has 0 fully saturated rings. The Kier molecular flexibility index (Phi) is 4.70. The molecule has 1 aromatic rings. The molecule has 0 radical (unpaired) electrons. The van der Waals surface area contributed by atoms with Gasteiger partial charge in [-0.1, -0.05) is 17.7 Å². The fraction of sp³-hybridized carbons (Fsp3) is 0.462. The molecular formula is C13H19NO4S. The molecule has 106 valence electrons. The Morgan fingerprint density at radius 2 is 1.79 bits per heavy atom. The lowest BCUT2D eigenvalue weighted by atomic mass is 10.1. The van der Waals surface area contributed by atoms with Gasteiger partial charge in [0.1, 0.15) is 5.60 Å². The van der Waals surface area contributed by atoms with Crippen molar-refractivity contribution >= 4 is 16.0 Å². The highest BCUT2D eigenvalue weighted by molar-refractivity contribution is 7.89. The van der Waals surface area contributed by atoms with Crippen LogP contribution in [0.4, 0.5) is 0 Å². The van der Waals surface area contributed by atoms with Crippen LogP contribution in [0.15, 0.2) is 29.2 Å². The standard InChI is InChI=1S/C13H19NO4S/c1-10-5-7-12(8-6-10)19(16,17)14-9-13(3,4)18-11(2)15/h5-8,14H,9H2,1-4H3. The third-order valence-electron chi connectivity index (χ3n) is 2.44. The number of ether oxygens (including phenoxy) is 1. The lowest BCUT2D eigenvalue weighted by molar-refractivity contribution is -0.152. The van der Waals surface area contributed by atoms with Gasteiger partial charge in [-0.25, -0.2) is 13.1 Å². The van der Waals surface area contributed by atoms with E-state index in [0.29, 0.717) is 0 Å². The Bertz CT molecular complexity index is 547. The van der Waals surface area contributed by atoms with Crippen molar-refractivity contribution in [3.8, 4) is 0 Å². The van der Waals surface area contributed by atoms with Crippen LogP contribution >= 0.6 is 0 Å². The van der Waals surface area contributed by atoms with E-state index in [9.17, 15) is 13.2 Å². The molecular weight excluding hydrogens is 266 g/mol. The van der Waals surface area contributed by atoms with Crippen LogP contribution in [0.25, 0.3) is 0 Å². The zero-order chi connectivity index (χ0) is 14.7. The molecule has 0 unspecified atom stereocenters. The molecule has 6 heteroatoms. The van der Waals surface area contributed by atoms with E-state index in [1.165, 1.54) is 19.1 Å². The molecule has 0 atom stereocenters. The van der Waals surface area contributed by atoms with Crippen LogP contribution in [0.2, 0.25) is 0 Å². The second-order valence-electron chi connectivity index (χ2n) is 4.99. The normalized spacial score (nSPS) is 12.2. The van der Waals surface area contributed by atoms with Gasteiger partial charge in [-0.2, -0.15) is 0 Å². The summed E-state index contributed by atoms with van der Waals surface area (Å²) in [7, 11) is -3.59. The zero-order valence-corrected chi connectivity index (χ0v) is 12.4. The maximum absolute atomic E-state index is 12.0. The third-order valence-corrected chi connectivity index (χ3v) is 3.86. The smallest absolute Gasteiger partial charge is 0.303 e. The number of sulfonamides is 1. The predicted octanol–water partition coefficient (Wildman–Crippen LogP) is 1.62. The summed E-state index contributed by atoms with van der Waals surface area (Å²) in [6.07, 6.45) is 0. The highest BCUT2D eigenvalue weighted by Crippen LogP contribution is 2.13. The first-order chi connectivity index (χ1) is 8.62. The van der Waals surface area contributed by atoms with Gasteiger partial charge in [0, 0.05) is 6.92 Å². The van der Waals surface area contributed by atoms with Crippen molar-refractivity contribution in [3.05, 3.63) is 29.8 Å². The number of benzene rings is 1. The van der Waals surface area contributed by atoms with Crippen LogP contribution in [0, 0.1) is 6.92 Å². The highest BCUT2D eigenvalue weighted by atomic mass is 32.2. The van der Waals surface area contributed by atoms with Crippen molar-refractivity contribution in [2.45, 2.75) is 38.2 Å². The minimum absolute atomic E-state index is 0.0167. The number of nitrogens with one attached hydrogen (secondary N) is 1. The molecule has 19 heavy (non-hydrogen) atoms. The summed E-state index contributed by atoms with van der Waals surface area (Å²) in [6.45, 7) is 6.48. The summed E-state index contributed by atoms with van der Waals surface area (Å²) in [5, 5.41) is 0. The van der Waals surface area contributed by atoms with Gasteiger partial charge in [-0.05, 0) is 32.9 Å². The topological polar surface area (TPSA) is 72.5 Å². The van der Waals surface area contributed by atoms with Gasteiger partial charge < -0.3 is 4.74 Å². The van der Waals surface area contributed by atoms with Crippen molar-refractivity contribution in [1.82, 2.24) is 4.72 Å². The Morgan fingerprint density at radius 3 is 2.26 bits per heavy atom. The van der Waals surface area contributed by atoms with E-state index in [0.717, 1.165) is 5.56 Å². The van der Waals surface area contributed by atoms with Crippen LogP contribution in [-0.2, 0) is 19.6 Å². The summed E-state index contributed by atoms with van der Waals surface area (Å²) in [5.41, 5.74) is 0.100. The highest BCUT2D eigenvalue weighted by Gasteiger charge is 2.24. The number of hydrogen-bond acceptors (Lipinski definition) is 4. The molecule has 5 nitrogen and oxygen atoms in total. The number of carbonyl (C=O) groups excluding carboxylic acids is 1. The molecule has 0 aliphatic rings. The molecule has 0 bridgehead atoms. The minimum atomic E-state index is -3.59. The second-order valence-corrected chi connectivity index (χ2v) is 6.76. The summed E-state index contributed by atoms with van der Waals surface area (Å²) in [4.78, 5) is 11.1. The monoisotopic (exact) mass is 285 g/mol. The Morgan fingerprint density at radius 1 is 1.26 bits per heavy atom. The Labute approximate surface area is 114 Å². The molecule has 0 saturated heterocycles. The minimum Gasteiger partial charge on any atom is -0.458 e. The van der Waals surface area contributed by atoms with Gasteiger partial charge in [0.05, 0.1) is 11.4 Å². The quantitative estimate of drug-likeness (QED) is 0.834. The molecule has 0 aliphatic carbocycles. The molecule has 0 spiro atoms. The molecule has 0 heterocycles. The predicted molar refractivity (Wildman–Crippen MR) is 72.2 cm³/mol. The van der Waals surface area contributed by atoms with Crippen LogP contribution in [0.3, 0.4) is 0 Å². The second kappa shape index (κ2) is 5.71. The van der Waals surface area contributed by atoms with Gasteiger partial charge in [0.25, 0.3) is 0 Å². The molecule has 0 aromatic heterocycles. The lowest BCUT2D eigenvalue weighted by Crippen LogP contribution is -2.41. The maximum atomic E-state index is 12.0.